The Morgan fingerprint density at radius 1 is 1.35 bits per heavy atom. The average Bonchev–Trinajstić information content (AvgIpc) is 2.91. The van der Waals surface area contributed by atoms with Crippen molar-refractivity contribution >= 4 is 11.6 Å². The van der Waals surface area contributed by atoms with Gasteiger partial charge in [0.25, 0.3) is 0 Å². The molecule has 2 aromatic rings. The van der Waals surface area contributed by atoms with Crippen molar-refractivity contribution in [3.05, 3.63) is 34.9 Å². The van der Waals surface area contributed by atoms with Crippen molar-refractivity contribution in [1.29, 1.82) is 0 Å². The van der Waals surface area contributed by atoms with Crippen LogP contribution >= 0.6 is 11.6 Å². The Bertz CT molecular complexity index is 596. The molecule has 0 saturated carbocycles. The van der Waals surface area contributed by atoms with Gasteiger partial charge in [0.2, 0.25) is 11.7 Å². The smallest absolute Gasteiger partial charge is 0.227 e. The lowest BCUT2D eigenvalue weighted by Gasteiger charge is -2.20. The van der Waals surface area contributed by atoms with Crippen LogP contribution in [0.5, 0.6) is 0 Å². The predicted octanol–water partition coefficient (Wildman–Crippen LogP) is 3.07. The Kier molecular flexibility index (Phi) is 3.98. The molecule has 0 atom stereocenters. The van der Waals surface area contributed by atoms with Crippen LogP contribution in [0, 0.1) is 11.7 Å². The first-order chi connectivity index (χ1) is 9.72. The molecular formula is C14H15ClFN3O. The van der Waals surface area contributed by atoms with E-state index in [1.54, 1.807) is 6.07 Å². The fourth-order valence-electron chi connectivity index (χ4n) is 2.42. The minimum Gasteiger partial charge on any atom is -0.339 e. The Labute approximate surface area is 121 Å². The molecule has 0 unspecified atom stereocenters. The highest BCUT2D eigenvalue weighted by atomic mass is 35.5. The van der Waals surface area contributed by atoms with E-state index >= 15 is 0 Å². The Hall–Kier alpha value is -1.46. The predicted molar refractivity (Wildman–Crippen MR) is 74.0 cm³/mol. The Morgan fingerprint density at radius 2 is 2.15 bits per heavy atom. The van der Waals surface area contributed by atoms with Crippen LogP contribution in [0.15, 0.2) is 22.7 Å². The van der Waals surface area contributed by atoms with Crippen LogP contribution in [0.3, 0.4) is 0 Å². The van der Waals surface area contributed by atoms with Crippen molar-refractivity contribution < 1.29 is 8.91 Å². The van der Waals surface area contributed by atoms with Crippen LogP contribution in [0.25, 0.3) is 11.4 Å². The van der Waals surface area contributed by atoms with E-state index < -0.39 is 5.82 Å². The van der Waals surface area contributed by atoms with Crippen molar-refractivity contribution in [2.45, 2.75) is 19.3 Å². The van der Waals surface area contributed by atoms with Crippen molar-refractivity contribution in [1.82, 2.24) is 15.5 Å². The second-order valence-electron chi connectivity index (χ2n) is 5.04. The van der Waals surface area contributed by atoms with Crippen molar-refractivity contribution in [2.24, 2.45) is 5.92 Å². The van der Waals surface area contributed by atoms with Crippen LogP contribution in [-0.2, 0) is 6.42 Å². The lowest BCUT2D eigenvalue weighted by atomic mass is 9.95. The highest BCUT2D eigenvalue weighted by Gasteiger charge is 2.18. The summed E-state index contributed by atoms with van der Waals surface area (Å²) in [5.74, 6) is 1.12. The van der Waals surface area contributed by atoms with Crippen molar-refractivity contribution in [3.63, 3.8) is 0 Å². The molecular weight excluding hydrogens is 281 g/mol. The van der Waals surface area contributed by atoms with E-state index in [9.17, 15) is 4.39 Å². The largest absolute Gasteiger partial charge is 0.339 e. The van der Waals surface area contributed by atoms with Crippen LogP contribution in [0.2, 0.25) is 5.02 Å². The average molecular weight is 296 g/mol. The lowest BCUT2D eigenvalue weighted by Crippen LogP contribution is -2.28. The SMILES string of the molecule is Fc1cc(-c2noc(CC3CCNCC3)n2)ccc1Cl. The summed E-state index contributed by atoms with van der Waals surface area (Å²) >= 11 is 5.66. The third kappa shape index (κ3) is 2.99. The molecule has 1 saturated heterocycles. The second kappa shape index (κ2) is 5.89. The van der Waals surface area contributed by atoms with Gasteiger partial charge in [-0.3, -0.25) is 0 Å². The highest BCUT2D eigenvalue weighted by Crippen LogP contribution is 2.23. The van der Waals surface area contributed by atoms with Crippen LogP contribution in [0.1, 0.15) is 18.7 Å². The first kappa shape index (κ1) is 13.5. The van der Waals surface area contributed by atoms with E-state index in [1.807, 2.05) is 0 Å². The topological polar surface area (TPSA) is 51.0 Å². The summed E-state index contributed by atoms with van der Waals surface area (Å²) < 4.78 is 18.7. The zero-order valence-corrected chi connectivity index (χ0v) is 11.7. The molecule has 1 fully saturated rings. The number of hydrogen-bond acceptors (Lipinski definition) is 4. The Balaban J connectivity index is 1.73. The summed E-state index contributed by atoms with van der Waals surface area (Å²) in [6.45, 7) is 2.07. The third-order valence-corrected chi connectivity index (χ3v) is 3.87. The first-order valence-electron chi connectivity index (χ1n) is 6.71. The molecule has 0 amide bonds. The van der Waals surface area contributed by atoms with Crippen LogP contribution < -0.4 is 5.32 Å². The summed E-state index contributed by atoms with van der Waals surface area (Å²) in [7, 11) is 0. The summed E-state index contributed by atoms with van der Waals surface area (Å²) in [6, 6.07) is 4.50. The molecule has 20 heavy (non-hydrogen) atoms. The molecule has 1 aromatic heterocycles. The van der Waals surface area contributed by atoms with Gasteiger partial charge in [-0.05, 0) is 50.0 Å². The van der Waals surface area contributed by atoms with Crippen molar-refractivity contribution in [2.75, 3.05) is 13.1 Å². The van der Waals surface area contributed by atoms with Gasteiger partial charge in [-0.25, -0.2) is 4.39 Å². The summed E-state index contributed by atoms with van der Waals surface area (Å²) in [5, 5.41) is 7.32. The molecule has 0 spiro atoms. The maximum Gasteiger partial charge on any atom is 0.227 e. The zero-order chi connectivity index (χ0) is 13.9. The van der Waals surface area contributed by atoms with E-state index in [0.29, 0.717) is 23.2 Å². The molecule has 0 radical (unpaired) electrons. The molecule has 1 aliphatic rings. The van der Waals surface area contributed by atoms with Gasteiger partial charge >= 0.3 is 0 Å². The molecule has 4 nitrogen and oxygen atoms in total. The number of benzene rings is 1. The summed E-state index contributed by atoms with van der Waals surface area (Å²) in [6.07, 6.45) is 3.02. The normalized spacial score (nSPS) is 16.5. The number of piperidine rings is 1. The molecule has 6 heteroatoms. The van der Waals surface area contributed by atoms with Gasteiger partial charge in [0.1, 0.15) is 5.82 Å². The highest BCUT2D eigenvalue weighted by molar-refractivity contribution is 6.30. The van der Waals surface area contributed by atoms with Crippen LogP contribution in [-0.4, -0.2) is 23.2 Å². The van der Waals surface area contributed by atoms with E-state index in [0.717, 1.165) is 32.4 Å². The van der Waals surface area contributed by atoms with Gasteiger partial charge in [-0.1, -0.05) is 16.8 Å². The monoisotopic (exact) mass is 295 g/mol. The second-order valence-corrected chi connectivity index (χ2v) is 5.45. The van der Waals surface area contributed by atoms with Crippen LogP contribution in [0.4, 0.5) is 4.39 Å². The van der Waals surface area contributed by atoms with Gasteiger partial charge in [0, 0.05) is 12.0 Å². The number of hydrogen-bond donors (Lipinski definition) is 1. The first-order valence-corrected chi connectivity index (χ1v) is 7.09. The van der Waals surface area contributed by atoms with Gasteiger partial charge in [-0.2, -0.15) is 4.98 Å². The summed E-state index contributed by atoms with van der Waals surface area (Å²) in [5.41, 5.74) is 0.576. The minimum atomic E-state index is -0.478. The quantitative estimate of drug-likeness (QED) is 0.945. The molecule has 3 rings (SSSR count). The van der Waals surface area contributed by atoms with E-state index in [-0.39, 0.29) is 5.02 Å². The number of nitrogens with zero attached hydrogens (tertiary/aromatic N) is 2. The summed E-state index contributed by atoms with van der Waals surface area (Å²) in [4.78, 5) is 4.34. The molecule has 1 aliphatic heterocycles. The maximum atomic E-state index is 13.4. The fourth-order valence-corrected chi connectivity index (χ4v) is 2.54. The number of nitrogens with one attached hydrogen (secondary N) is 1. The molecule has 1 N–H and O–H groups in total. The number of aromatic nitrogens is 2. The molecule has 106 valence electrons. The minimum absolute atomic E-state index is 0.0900. The number of halogens is 2. The standard InChI is InChI=1S/C14H15ClFN3O/c15-11-2-1-10(8-12(11)16)14-18-13(20-19-14)7-9-3-5-17-6-4-9/h1-2,8-9,17H,3-7H2. The third-order valence-electron chi connectivity index (χ3n) is 3.57. The van der Waals surface area contributed by atoms with E-state index in [4.69, 9.17) is 16.1 Å². The molecule has 0 aliphatic carbocycles. The van der Waals surface area contributed by atoms with Gasteiger partial charge < -0.3 is 9.84 Å². The van der Waals surface area contributed by atoms with E-state index in [1.165, 1.54) is 12.1 Å². The van der Waals surface area contributed by atoms with Crippen molar-refractivity contribution in [3.8, 4) is 11.4 Å². The Morgan fingerprint density at radius 3 is 2.90 bits per heavy atom. The van der Waals surface area contributed by atoms with Gasteiger partial charge in [0.05, 0.1) is 5.02 Å². The lowest BCUT2D eigenvalue weighted by molar-refractivity contribution is 0.313. The van der Waals surface area contributed by atoms with Gasteiger partial charge in [0.15, 0.2) is 0 Å². The molecule has 1 aromatic carbocycles. The molecule has 0 bridgehead atoms. The fraction of sp³-hybridized carbons (Fsp3) is 0.429. The van der Waals surface area contributed by atoms with E-state index in [2.05, 4.69) is 15.5 Å². The molecule has 2 heterocycles. The zero-order valence-electron chi connectivity index (χ0n) is 10.9. The number of rotatable bonds is 3. The van der Waals surface area contributed by atoms with Gasteiger partial charge in [-0.15, -0.1) is 0 Å². The maximum absolute atomic E-state index is 13.4.